The number of hydrogen-bond acceptors (Lipinski definition) is 4. The van der Waals surface area contributed by atoms with Gasteiger partial charge in [-0.05, 0) is 42.8 Å². The van der Waals surface area contributed by atoms with Crippen molar-refractivity contribution in [1.82, 2.24) is 5.43 Å². The van der Waals surface area contributed by atoms with E-state index in [-0.39, 0.29) is 12.2 Å². The van der Waals surface area contributed by atoms with E-state index < -0.39 is 17.8 Å². The molecule has 1 saturated heterocycles. The molecule has 0 bridgehead atoms. The molecule has 1 fully saturated rings. The Bertz CT molecular complexity index is 915. The summed E-state index contributed by atoms with van der Waals surface area (Å²) >= 11 is 0. The standard InChI is InChI=1S/C21H18N2O4/c1-2-27-21(26)16-11-13-17(14-12-16)23-20(25)18(19(24)22-23)10-6-9-15-7-4-3-5-8-15/h3-14H,2H2,1H3,(H,22,24)/b9-6+,18-10-. The molecule has 136 valence electrons. The van der Waals surface area contributed by atoms with Gasteiger partial charge in [-0.2, -0.15) is 0 Å². The monoisotopic (exact) mass is 362 g/mol. The Balaban J connectivity index is 1.75. The van der Waals surface area contributed by atoms with Gasteiger partial charge in [-0.3, -0.25) is 15.0 Å². The fourth-order valence-corrected chi connectivity index (χ4v) is 2.54. The van der Waals surface area contributed by atoms with E-state index >= 15 is 0 Å². The predicted molar refractivity (Wildman–Crippen MR) is 102 cm³/mol. The van der Waals surface area contributed by atoms with E-state index in [1.807, 2.05) is 36.4 Å². The molecule has 0 aliphatic carbocycles. The molecule has 3 rings (SSSR count). The van der Waals surface area contributed by atoms with Gasteiger partial charge < -0.3 is 4.74 Å². The van der Waals surface area contributed by atoms with Crippen LogP contribution in [0.1, 0.15) is 22.8 Å². The Kier molecular flexibility index (Phi) is 5.47. The Labute approximate surface area is 156 Å². The summed E-state index contributed by atoms with van der Waals surface area (Å²) in [5.41, 5.74) is 4.35. The number of carbonyl (C=O) groups is 3. The molecule has 0 unspecified atom stereocenters. The first kappa shape index (κ1) is 18.1. The second-order valence-electron chi connectivity index (χ2n) is 5.70. The van der Waals surface area contributed by atoms with Crippen LogP contribution in [-0.2, 0) is 14.3 Å². The van der Waals surface area contributed by atoms with E-state index in [4.69, 9.17) is 4.74 Å². The number of rotatable bonds is 5. The molecule has 1 heterocycles. The van der Waals surface area contributed by atoms with Crippen LogP contribution in [0.2, 0.25) is 0 Å². The van der Waals surface area contributed by atoms with Crippen LogP contribution >= 0.6 is 0 Å². The van der Waals surface area contributed by atoms with Crippen LogP contribution in [0.3, 0.4) is 0 Å². The minimum absolute atomic E-state index is 0.0386. The van der Waals surface area contributed by atoms with Gasteiger partial charge >= 0.3 is 5.97 Å². The Morgan fingerprint density at radius 1 is 1.07 bits per heavy atom. The second-order valence-corrected chi connectivity index (χ2v) is 5.70. The molecule has 1 aliphatic heterocycles. The van der Waals surface area contributed by atoms with E-state index in [9.17, 15) is 14.4 Å². The molecule has 1 N–H and O–H groups in total. The fourth-order valence-electron chi connectivity index (χ4n) is 2.54. The zero-order valence-electron chi connectivity index (χ0n) is 14.7. The summed E-state index contributed by atoms with van der Waals surface area (Å²) in [4.78, 5) is 36.3. The minimum atomic E-state index is -0.479. The number of esters is 1. The maximum Gasteiger partial charge on any atom is 0.338 e. The van der Waals surface area contributed by atoms with Crippen molar-refractivity contribution in [3.63, 3.8) is 0 Å². The summed E-state index contributed by atoms with van der Waals surface area (Å²) in [6.45, 7) is 2.01. The van der Waals surface area contributed by atoms with Crippen LogP contribution in [0.25, 0.3) is 6.08 Å². The van der Waals surface area contributed by atoms with Gasteiger partial charge in [-0.15, -0.1) is 0 Å². The van der Waals surface area contributed by atoms with Gasteiger partial charge in [0.2, 0.25) is 0 Å². The molecular formula is C21H18N2O4. The molecule has 0 radical (unpaired) electrons. The molecule has 2 aromatic carbocycles. The predicted octanol–water partition coefficient (Wildman–Crippen LogP) is 2.88. The number of hydrazine groups is 1. The zero-order valence-corrected chi connectivity index (χ0v) is 14.7. The lowest BCUT2D eigenvalue weighted by Crippen LogP contribution is -2.35. The lowest BCUT2D eigenvalue weighted by atomic mass is 10.1. The molecule has 27 heavy (non-hydrogen) atoms. The molecule has 6 nitrogen and oxygen atoms in total. The van der Waals surface area contributed by atoms with Gasteiger partial charge in [-0.1, -0.05) is 42.5 Å². The maximum atomic E-state index is 12.5. The zero-order chi connectivity index (χ0) is 19.2. The van der Waals surface area contributed by atoms with Gasteiger partial charge in [0.1, 0.15) is 5.57 Å². The normalized spacial score (nSPS) is 15.4. The topological polar surface area (TPSA) is 75.7 Å². The summed E-state index contributed by atoms with van der Waals surface area (Å²) in [6.07, 6.45) is 4.96. The summed E-state index contributed by atoms with van der Waals surface area (Å²) in [5, 5.41) is 1.15. The Hall–Kier alpha value is -3.67. The van der Waals surface area contributed by atoms with Crippen LogP contribution in [-0.4, -0.2) is 24.4 Å². The average Bonchev–Trinajstić information content (AvgIpc) is 2.97. The van der Waals surface area contributed by atoms with E-state index in [0.29, 0.717) is 11.3 Å². The highest BCUT2D eigenvalue weighted by Crippen LogP contribution is 2.21. The number of benzene rings is 2. The first-order valence-electron chi connectivity index (χ1n) is 8.46. The number of ether oxygens (including phenoxy) is 1. The third kappa shape index (κ3) is 4.12. The first-order valence-corrected chi connectivity index (χ1v) is 8.46. The molecular weight excluding hydrogens is 344 g/mol. The van der Waals surface area contributed by atoms with E-state index in [0.717, 1.165) is 10.6 Å². The van der Waals surface area contributed by atoms with Crippen LogP contribution in [0, 0.1) is 0 Å². The van der Waals surface area contributed by atoms with Crippen LogP contribution < -0.4 is 10.4 Å². The number of nitrogens with zero attached hydrogens (tertiary/aromatic N) is 1. The van der Waals surface area contributed by atoms with E-state index in [1.54, 1.807) is 37.3 Å². The lowest BCUT2D eigenvalue weighted by molar-refractivity contribution is -0.117. The van der Waals surface area contributed by atoms with Crippen LogP contribution in [0.15, 0.2) is 72.3 Å². The van der Waals surface area contributed by atoms with Crippen molar-refractivity contribution in [1.29, 1.82) is 0 Å². The average molecular weight is 362 g/mol. The van der Waals surface area contributed by atoms with Crippen molar-refractivity contribution in [3.05, 3.63) is 83.4 Å². The van der Waals surface area contributed by atoms with Crippen molar-refractivity contribution < 1.29 is 19.1 Å². The summed E-state index contributed by atoms with van der Waals surface area (Å²) in [7, 11) is 0. The molecule has 2 amide bonds. The van der Waals surface area contributed by atoms with Gasteiger partial charge in [0, 0.05) is 0 Å². The highest BCUT2D eigenvalue weighted by Gasteiger charge is 2.34. The number of anilines is 1. The number of hydrogen-bond donors (Lipinski definition) is 1. The third-order valence-electron chi connectivity index (χ3n) is 3.88. The highest BCUT2D eigenvalue weighted by molar-refractivity contribution is 6.29. The summed E-state index contributed by atoms with van der Waals surface area (Å²) in [6, 6.07) is 15.8. The highest BCUT2D eigenvalue weighted by atomic mass is 16.5. The van der Waals surface area contributed by atoms with Crippen molar-refractivity contribution in [2.24, 2.45) is 0 Å². The van der Waals surface area contributed by atoms with Gasteiger partial charge in [0.15, 0.2) is 0 Å². The lowest BCUT2D eigenvalue weighted by Gasteiger charge is -2.14. The van der Waals surface area contributed by atoms with Crippen molar-refractivity contribution in [2.75, 3.05) is 11.6 Å². The van der Waals surface area contributed by atoms with Crippen LogP contribution in [0.4, 0.5) is 5.69 Å². The van der Waals surface area contributed by atoms with E-state index in [1.165, 1.54) is 6.08 Å². The molecule has 6 heteroatoms. The SMILES string of the molecule is CCOC(=O)c1ccc(N2NC(=O)/C(=C/C=C/c3ccccc3)C2=O)cc1. The molecule has 0 aromatic heterocycles. The van der Waals surface area contributed by atoms with Crippen molar-refractivity contribution in [2.45, 2.75) is 6.92 Å². The molecule has 1 aliphatic rings. The quantitative estimate of drug-likeness (QED) is 0.504. The molecule has 0 spiro atoms. The summed E-state index contributed by atoms with van der Waals surface area (Å²) in [5.74, 6) is -1.37. The molecule has 2 aromatic rings. The third-order valence-corrected chi connectivity index (χ3v) is 3.88. The fraction of sp³-hybridized carbons (Fsp3) is 0.0952. The van der Waals surface area contributed by atoms with E-state index in [2.05, 4.69) is 5.43 Å². The maximum absolute atomic E-state index is 12.5. The van der Waals surface area contributed by atoms with Crippen molar-refractivity contribution >= 4 is 29.5 Å². The molecule has 0 atom stereocenters. The van der Waals surface area contributed by atoms with Crippen LogP contribution in [0.5, 0.6) is 0 Å². The second kappa shape index (κ2) is 8.14. The van der Waals surface area contributed by atoms with Crippen molar-refractivity contribution in [3.8, 4) is 0 Å². The number of amides is 2. The first-order chi connectivity index (χ1) is 13.1. The van der Waals surface area contributed by atoms with Gasteiger partial charge in [0.25, 0.3) is 11.8 Å². The number of allylic oxidation sites excluding steroid dienone is 2. The van der Waals surface area contributed by atoms with Gasteiger partial charge in [-0.25, -0.2) is 9.80 Å². The summed E-state index contributed by atoms with van der Waals surface area (Å²) < 4.78 is 4.92. The Morgan fingerprint density at radius 2 is 1.78 bits per heavy atom. The largest absolute Gasteiger partial charge is 0.462 e. The minimum Gasteiger partial charge on any atom is -0.462 e. The molecule has 0 saturated carbocycles. The smallest absolute Gasteiger partial charge is 0.338 e. The van der Waals surface area contributed by atoms with Gasteiger partial charge in [0.05, 0.1) is 17.9 Å². The number of nitrogens with one attached hydrogen (secondary N) is 1. The Morgan fingerprint density at radius 3 is 2.44 bits per heavy atom. The number of carbonyl (C=O) groups excluding carboxylic acids is 3.